The Bertz CT molecular complexity index is 738. The molecule has 0 bridgehead atoms. The Balaban J connectivity index is 2.29. The molecule has 1 aromatic carbocycles. The van der Waals surface area contributed by atoms with E-state index in [0.29, 0.717) is 11.4 Å². The zero-order valence-corrected chi connectivity index (χ0v) is 12.9. The number of hydrogen-bond donors (Lipinski definition) is 3. The van der Waals surface area contributed by atoms with Gasteiger partial charge in [-0.15, -0.1) is 0 Å². The first-order chi connectivity index (χ1) is 9.83. The maximum atomic E-state index is 12.3. The average molecular weight is 310 g/mol. The zero-order valence-electron chi connectivity index (χ0n) is 12.0. The summed E-state index contributed by atoms with van der Waals surface area (Å²) in [7, 11) is -2.31. The molecule has 0 amide bonds. The van der Waals surface area contributed by atoms with Crippen molar-refractivity contribution in [2.45, 2.75) is 24.7 Å². The molecule has 114 valence electrons. The van der Waals surface area contributed by atoms with Gasteiger partial charge in [0.25, 0.3) is 10.0 Å². The van der Waals surface area contributed by atoms with Gasteiger partial charge < -0.3 is 10.5 Å². The minimum atomic E-state index is -3.74. The summed E-state index contributed by atoms with van der Waals surface area (Å²) in [4.78, 5) is 0.0580. The second kappa shape index (κ2) is 5.65. The summed E-state index contributed by atoms with van der Waals surface area (Å²) in [6.07, 6.45) is 0. The second-order valence-corrected chi connectivity index (χ2v) is 6.55. The maximum absolute atomic E-state index is 12.3. The van der Waals surface area contributed by atoms with Crippen LogP contribution in [0.3, 0.4) is 0 Å². The van der Waals surface area contributed by atoms with Crippen LogP contribution in [0.15, 0.2) is 29.2 Å². The third-order valence-corrected chi connectivity index (χ3v) is 4.33. The van der Waals surface area contributed by atoms with E-state index in [1.165, 1.54) is 25.3 Å². The predicted molar refractivity (Wildman–Crippen MR) is 80.9 cm³/mol. The molecule has 0 atom stereocenters. The van der Waals surface area contributed by atoms with Crippen molar-refractivity contribution in [2.75, 3.05) is 17.6 Å². The number of anilines is 2. The molecule has 0 spiro atoms. The number of benzene rings is 1. The number of methoxy groups -OCH3 is 1. The number of aromatic amines is 1. The first-order valence-corrected chi connectivity index (χ1v) is 7.83. The SMILES string of the molecule is COc1cc(S(=O)(=O)Nc2cc(C(C)C)[nH]n2)ccc1N. The van der Waals surface area contributed by atoms with Crippen LogP contribution in [-0.4, -0.2) is 25.7 Å². The Morgan fingerprint density at radius 1 is 1.33 bits per heavy atom. The highest BCUT2D eigenvalue weighted by molar-refractivity contribution is 7.92. The van der Waals surface area contributed by atoms with Crippen molar-refractivity contribution in [3.05, 3.63) is 30.0 Å². The van der Waals surface area contributed by atoms with Gasteiger partial charge in [0, 0.05) is 17.8 Å². The third-order valence-electron chi connectivity index (χ3n) is 2.97. The lowest BCUT2D eigenvalue weighted by Gasteiger charge is -2.09. The molecule has 2 aromatic rings. The third kappa shape index (κ3) is 3.27. The molecule has 0 unspecified atom stereocenters. The Morgan fingerprint density at radius 2 is 2.05 bits per heavy atom. The van der Waals surface area contributed by atoms with Crippen molar-refractivity contribution in [2.24, 2.45) is 0 Å². The van der Waals surface area contributed by atoms with Gasteiger partial charge in [0.15, 0.2) is 5.82 Å². The Morgan fingerprint density at radius 3 is 2.62 bits per heavy atom. The molecule has 4 N–H and O–H groups in total. The number of aromatic nitrogens is 2. The molecule has 0 aliphatic heterocycles. The molecule has 2 rings (SSSR count). The number of ether oxygens (including phenoxy) is 1. The van der Waals surface area contributed by atoms with Gasteiger partial charge in [-0.25, -0.2) is 8.42 Å². The Hall–Kier alpha value is -2.22. The van der Waals surface area contributed by atoms with Crippen molar-refractivity contribution in [3.63, 3.8) is 0 Å². The largest absolute Gasteiger partial charge is 0.495 e. The van der Waals surface area contributed by atoms with E-state index < -0.39 is 10.0 Å². The molecule has 7 nitrogen and oxygen atoms in total. The fraction of sp³-hybridized carbons (Fsp3) is 0.308. The van der Waals surface area contributed by atoms with E-state index in [1.807, 2.05) is 13.8 Å². The van der Waals surface area contributed by atoms with Crippen molar-refractivity contribution >= 4 is 21.5 Å². The summed E-state index contributed by atoms with van der Waals surface area (Å²) >= 11 is 0. The van der Waals surface area contributed by atoms with Crippen LogP contribution in [-0.2, 0) is 10.0 Å². The average Bonchev–Trinajstić information content (AvgIpc) is 2.87. The Kier molecular flexibility index (Phi) is 4.08. The minimum Gasteiger partial charge on any atom is -0.495 e. The maximum Gasteiger partial charge on any atom is 0.263 e. The van der Waals surface area contributed by atoms with E-state index in [-0.39, 0.29) is 16.6 Å². The molecule has 21 heavy (non-hydrogen) atoms. The Labute approximate surface area is 123 Å². The van der Waals surface area contributed by atoms with E-state index in [1.54, 1.807) is 6.07 Å². The molecule has 1 heterocycles. The van der Waals surface area contributed by atoms with Crippen LogP contribution in [0.2, 0.25) is 0 Å². The number of rotatable bonds is 5. The number of H-pyrrole nitrogens is 1. The lowest BCUT2D eigenvalue weighted by atomic mass is 10.1. The number of nitrogens with zero attached hydrogens (tertiary/aromatic N) is 1. The molecular weight excluding hydrogens is 292 g/mol. The van der Waals surface area contributed by atoms with Crippen LogP contribution >= 0.6 is 0 Å². The normalized spacial score (nSPS) is 11.6. The molecule has 0 fully saturated rings. The van der Waals surface area contributed by atoms with E-state index >= 15 is 0 Å². The minimum absolute atomic E-state index is 0.0580. The van der Waals surface area contributed by atoms with Crippen LogP contribution < -0.4 is 15.2 Å². The summed E-state index contributed by atoms with van der Waals surface area (Å²) in [6.45, 7) is 3.97. The number of hydrogen-bond acceptors (Lipinski definition) is 5. The number of nitrogens with one attached hydrogen (secondary N) is 2. The standard InChI is InChI=1S/C13H18N4O3S/c1-8(2)11-7-13(16-15-11)17-21(18,19)9-4-5-10(14)12(6-9)20-3/h4-8H,14H2,1-3H3,(H2,15,16,17). The summed E-state index contributed by atoms with van der Waals surface area (Å²) in [5.74, 6) is 0.782. The summed E-state index contributed by atoms with van der Waals surface area (Å²) in [6, 6.07) is 5.93. The van der Waals surface area contributed by atoms with Gasteiger partial charge in [0.2, 0.25) is 0 Å². The summed E-state index contributed by atoms with van der Waals surface area (Å²) in [5.41, 5.74) is 6.90. The van der Waals surface area contributed by atoms with E-state index in [0.717, 1.165) is 5.69 Å². The molecule has 0 radical (unpaired) electrons. The topological polar surface area (TPSA) is 110 Å². The van der Waals surface area contributed by atoms with Crippen molar-refractivity contribution < 1.29 is 13.2 Å². The summed E-state index contributed by atoms with van der Waals surface area (Å²) < 4.78 is 32.0. The van der Waals surface area contributed by atoms with Crippen LogP contribution in [0.1, 0.15) is 25.5 Å². The van der Waals surface area contributed by atoms with Gasteiger partial charge >= 0.3 is 0 Å². The molecule has 0 saturated carbocycles. The molecular formula is C13H18N4O3S. The molecule has 0 aliphatic carbocycles. The van der Waals surface area contributed by atoms with E-state index in [4.69, 9.17) is 10.5 Å². The van der Waals surface area contributed by atoms with E-state index in [9.17, 15) is 8.42 Å². The molecule has 8 heteroatoms. The highest BCUT2D eigenvalue weighted by Gasteiger charge is 2.18. The van der Waals surface area contributed by atoms with Crippen LogP contribution in [0.5, 0.6) is 5.75 Å². The van der Waals surface area contributed by atoms with Gasteiger partial charge in [-0.1, -0.05) is 13.8 Å². The lowest BCUT2D eigenvalue weighted by molar-refractivity contribution is 0.415. The van der Waals surface area contributed by atoms with Crippen LogP contribution in [0, 0.1) is 0 Å². The monoisotopic (exact) mass is 310 g/mol. The van der Waals surface area contributed by atoms with Gasteiger partial charge in [-0.05, 0) is 18.1 Å². The lowest BCUT2D eigenvalue weighted by Crippen LogP contribution is -2.13. The fourth-order valence-electron chi connectivity index (χ4n) is 1.74. The number of nitrogen functional groups attached to an aromatic ring is 1. The van der Waals surface area contributed by atoms with Crippen LogP contribution in [0.25, 0.3) is 0 Å². The number of nitrogens with two attached hydrogens (primary N) is 1. The van der Waals surface area contributed by atoms with E-state index in [2.05, 4.69) is 14.9 Å². The predicted octanol–water partition coefficient (Wildman–Crippen LogP) is 1.92. The summed E-state index contributed by atoms with van der Waals surface area (Å²) in [5, 5.41) is 6.73. The van der Waals surface area contributed by atoms with Gasteiger partial charge in [0.1, 0.15) is 5.75 Å². The second-order valence-electron chi connectivity index (χ2n) is 4.87. The zero-order chi connectivity index (χ0) is 15.6. The fourth-order valence-corrected chi connectivity index (χ4v) is 2.75. The van der Waals surface area contributed by atoms with Crippen LogP contribution in [0.4, 0.5) is 11.5 Å². The molecule has 1 aromatic heterocycles. The quantitative estimate of drug-likeness (QED) is 0.731. The molecule has 0 saturated heterocycles. The van der Waals surface area contributed by atoms with Crippen molar-refractivity contribution in [1.82, 2.24) is 10.2 Å². The highest BCUT2D eigenvalue weighted by atomic mass is 32.2. The first-order valence-electron chi connectivity index (χ1n) is 6.35. The number of sulfonamides is 1. The van der Waals surface area contributed by atoms with Gasteiger partial charge in [-0.3, -0.25) is 9.82 Å². The molecule has 0 aliphatic rings. The van der Waals surface area contributed by atoms with Crippen molar-refractivity contribution in [1.29, 1.82) is 0 Å². The van der Waals surface area contributed by atoms with Crippen molar-refractivity contribution in [3.8, 4) is 5.75 Å². The van der Waals surface area contributed by atoms with Gasteiger partial charge in [-0.2, -0.15) is 5.10 Å². The smallest absolute Gasteiger partial charge is 0.263 e. The first kappa shape index (κ1) is 15.2. The van der Waals surface area contributed by atoms with Gasteiger partial charge in [0.05, 0.1) is 17.7 Å². The highest BCUT2D eigenvalue weighted by Crippen LogP contribution is 2.26.